The molecule has 2 saturated carbocycles. The lowest BCUT2D eigenvalue weighted by molar-refractivity contribution is -0.0672. The Morgan fingerprint density at radius 3 is 2.55 bits per heavy atom. The lowest BCUT2D eigenvalue weighted by Gasteiger charge is -2.38. The zero-order chi connectivity index (χ0) is 32.2. The largest absolute Gasteiger partial charge is 0.487 e. The predicted molar refractivity (Wildman–Crippen MR) is 174 cm³/mol. The van der Waals surface area contributed by atoms with Crippen LogP contribution in [0.3, 0.4) is 0 Å². The Balaban J connectivity index is 1.03. The molecule has 7 rings (SSSR count). The number of aromatic nitrogens is 8. The van der Waals surface area contributed by atoms with Crippen molar-refractivity contribution in [1.82, 2.24) is 44.9 Å². The van der Waals surface area contributed by atoms with E-state index in [2.05, 4.69) is 35.7 Å². The lowest BCUT2D eigenvalue weighted by Crippen LogP contribution is -2.45. The first-order valence-electron chi connectivity index (χ1n) is 16.4. The summed E-state index contributed by atoms with van der Waals surface area (Å²) in [5.74, 6) is 1.41. The van der Waals surface area contributed by atoms with Crippen molar-refractivity contribution >= 4 is 23.2 Å². The van der Waals surface area contributed by atoms with Crippen LogP contribution in [0.5, 0.6) is 11.6 Å². The van der Waals surface area contributed by atoms with E-state index in [1.165, 1.54) is 0 Å². The topological polar surface area (TPSA) is 150 Å². The second-order valence-corrected chi connectivity index (χ2v) is 13.2. The summed E-state index contributed by atoms with van der Waals surface area (Å²) in [6, 6.07) is 6.45. The normalized spacial score (nSPS) is 21.9. The molecular formula is C32H41ClN10O4. The van der Waals surface area contributed by atoms with Gasteiger partial charge in [0.25, 0.3) is 5.88 Å². The number of anilines is 2. The van der Waals surface area contributed by atoms with Gasteiger partial charge in [-0.15, -0.1) is 10.2 Å². The molecule has 1 aromatic carbocycles. The number of tetrazole rings is 1. The van der Waals surface area contributed by atoms with Crippen molar-refractivity contribution in [2.45, 2.75) is 82.2 Å². The number of nitrogens with zero attached hydrogens (tertiary/aromatic N) is 9. The van der Waals surface area contributed by atoms with E-state index in [1.54, 1.807) is 29.5 Å². The smallest absolute Gasteiger partial charge is 0.257 e. The Morgan fingerprint density at radius 2 is 1.85 bits per heavy atom. The molecule has 3 aliphatic rings. The summed E-state index contributed by atoms with van der Waals surface area (Å²) in [4.78, 5) is 11.8. The van der Waals surface area contributed by atoms with E-state index in [-0.39, 0.29) is 18.8 Å². The lowest BCUT2D eigenvalue weighted by atomic mass is 9.81. The number of benzene rings is 1. The van der Waals surface area contributed by atoms with Gasteiger partial charge in [0.15, 0.2) is 0 Å². The monoisotopic (exact) mass is 664 g/mol. The van der Waals surface area contributed by atoms with Crippen LogP contribution in [0.25, 0.3) is 11.1 Å². The minimum absolute atomic E-state index is 0.206. The highest BCUT2D eigenvalue weighted by molar-refractivity contribution is 6.32. The van der Waals surface area contributed by atoms with E-state index in [1.807, 2.05) is 29.9 Å². The minimum Gasteiger partial charge on any atom is -0.487 e. The first-order chi connectivity index (χ1) is 22.9. The molecule has 0 spiro atoms. The zero-order valence-electron chi connectivity index (χ0n) is 26.5. The van der Waals surface area contributed by atoms with Crippen molar-refractivity contribution in [1.29, 1.82) is 0 Å². The Hall–Kier alpha value is -3.85. The first-order valence-corrected chi connectivity index (χ1v) is 16.8. The fourth-order valence-corrected chi connectivity index (χ4v) is 6.70. The number of morpholine rings is 1. The molecule has 0 unspecified atom stereocenters. The van der Waals surface area contributed by atoms with Crippen molar-refractivity contribution in [3.63, 3.8) is 0 Å². The molecule has 1 saturated heterocycles. The number of hydrogen-bond acceptors (Lipinski definition) is 12. The van der Waals surface area contributed by atoms with Crippen LogP contribution in [0.1, 0.15) is 57.9 Å². The van der Waals surface area contributed by atoms with Crippen molar-refractivity contribution in [3.8, 4) is 22.8 Å². The number of aliphatic hydroxyl groups is 1. The molecule has 2 N–H and O–H groups in total. The van der Waals surface area contributed by atoms with Crippen molar-refractivity contribution < 1.29 is 19.3 Å². The third-order valence-corrected chi connectivity index (χ3v) is 9.70. The Labute approximate surface area is 278 Å². The summed E-state index contributed by atoms with van der Waals surface area (Å²) in [7, 11) is 0. The fourth-order valence-electron chi connectivity index (χ4n) is 6.53. The van der Waals surface area contributed by atoms with E-state index < -0.39 is 5.60 Å². The molecule has 3 aromatic heterocycles. The summed E-state index contributed by atoms with van der Waals surface area (Å²) in [6.07, 6.45) is 13.6. The molecule has 14 nitrogen and oxygen atoms in total. The summed E-state index contributed by atoms with van der Waals surface area (Å²) >= 11 is 6.45. The van der Waals surface area contributed by atoms with Crippen LogP contribution >= 0.6 is 11.6 Å². The highest BCUT2D eigenvalue weighted by Gasteiger charge is 2.36. The molecule has 4 heterocycles. The maximum atomic E-state index is 10.7. The van der Waals surface area contributed by atoms with E-state index in [0.717, 1.165) is 82.4 Å². The molecule has 1 aliphatic heterocycles. The third kappa shape index (κ3) is 7.67. The maximum absolute atomic E-state index is 10.7. The summed E-state index contributed by atoms with van der Waals surface area (Å²) in [5.41, 5.74) is 1.56. The Kier molecular flexibility index (Phi) is 9.52. The van der Waals surface area contributed by atoms with E-state index >= 15 is 0 Å². The van der Waals surface area contributed by atoms with Gasteiger partial charge in [-0.1, -0.05) is 17.7 Å². The van der Waals surface area contributed by atoms with Gasteiger partial charge < -0.3 is 24.6 Å². The number of halogens is 1. The van der Waals surface area contributed by atoms with Gasteiger partial charge in [0.2, 0.25) is 5.95 Å². The molecular weight excluding hydrogens is 624 g/mol. The van der Waals surface area contributed by atoms with Crippen LogP contribution < -0.4 is 14.8 Å². The average Bonchev–Trinajstić information content (AvgIpc) is 3.75. The van der Waals surface area contributed by atoms with Crippen LogP contribution in [0.15, 0.2) is 43.1 Å². The molecule has 47 heavy (non-hydrogen) atoms. The third-order valence-electron chi connectivity index (χ3n) is 9.39. The van der Waals surface area contributed by atoms with Gasteiger partial charge in [-0.2, -0.15) is 0 Å². The van der Waals surface area contributed by atoms with Gasteiger partial charge in [0, 0.05) is 37.1 Å². The van der Waals surface area contributed by atoms with Crippen LogP contribution in [0.4, 0.5) is 11.6 Å². The van der Waals surface area contributed by atoms with Crippen LogP contribution in [0, 0.1) is 0 Å². The molecule has 3 fully saturated rings. The average molecular weight is 665 g/mol. The van der Waals surface area contributed by atoms with Crippen LogP contribution in [0.2, 0.25) is 5.02 Å². The molecule has 15 heteroatoms. The predicted octanol–water partition coefficient (Wildman–Crippen LogP) is 4.30. The fraction of sp³-hybridized carbons (Fsp3) is 0.562. The maximum Gasteiger partial charge on any atom is 0.257 e. The van der Waals surface area contributed by atoms with Crippen LogP contribution in [-0.4, -0.2) is 101 Å². The number of hydrogen-bond donors (Lipinski definition) is 2. The van der Waals surface area contributed by atoms with Gasteiger partial charge in [-0.25, -0.2) is 14.6 Å². The summed E-state index contributed by atoms with van der Waals surface area (Å²) < 4.78 is 21.4. The Bertz CT molecular complexity index is 1600. The number of rotatable bonds is 12. The molecule has 1 atom stereocenters. The first kappa shape index (κ1) is 31.7. The summed E-state index contributed by atoms with van der Waals surface area (Å²) in [6.45, 7) is 6.29. The molecule has 4 aromatic rings. The number of ether oxygens (including phenoxy) is 3. The quantitative estimate of drug-likeness (QED) is 0.222. The highest BCUT2D eigenvalue weighted by Crippen LogP contribution is 2.37. The molecule has 0 amide bonds. The van der Waals surface area contributed by atoms with Gasteiger partial charge in [-0.3, -0.25) is 9.58 Å². The highest BCUT2D eigenvalue weighted by atomic mass is 35.5. The van der Waals surface area contributed by atoms with Crippen molar-refractivity contribution in [3.05, 3.63) is 48.1 Å². The molecule has 0 radical (unpaired) electrons. The number of nitrogens with one attached hydrogen (secondary N) is 1. The van der Waals surface area contributed by atoms with E-state index in [9.17, 15) is 5.11 Å². The minimum atomic E-state index is -0.790. The van der Waals surface area contributed by atoms with E-state index in [0.29, 0.717) is 40.9 Å². The standard InChI is InChI=1S/C32H41ClN10O4/c1-22(18-42-21-36-39-40-42)47-29-15-23(3-8-27(29)33)24-16-34-31(35-17-24)37-28-19-43(38-30(28)46-20-32(44)9-2-10-32)26-6-4-25(5-7-26)41-11-13-45-14-12-41/h3,8,15-17,19,21-22,25-26,44H,2,4-7,9-14,18,20H2,1H3,(H,34,35,37)/t22-,25-,26-/m0/s1. The molecule has 250 valence electrons. The molecule has 0 bridgehead atoms. The zero-order valence-corrected chi connectivity index (χ0v) is 27.3. The van der Waals surface area contributed by atoms with Gasteiger partial charge in [0.1, 0.15) is 30.5 Å². The van der Waals surface area contributed by atoms with Crippen molar-refractivity contribution in [2.24, 2.45) is 0 Å². The van der Waals surface area contributed by atoms with Gasteiger partial charge in [-0.05, 0) is 80.0 Å². The second kappa shape index (κ2) is 14.1. The Morgan fingerprint density at radius 1 is 1.09 bits per heavy atom. The van der Waals surface area contributed by atoms with Gasteiger partial charge >= 0.3 is 0 Å². The SMILES string of the molecule is C[C@@H](Cn1cnnn1)Oc1cc(-c2cnc(Nc3cn([C@H]4CC[C@H](N5CCOCC5)CC4)nc3OCC3(O)CCC3)nc2)ccc1Cl. The van der Waals surface area contributed by atoms with Crippen molar-refractivity contribution in [2.75, 3.05) is 38.2 Å². The van der Waals surface area contributed by atoms with Gasteiger partial charge in [0.05, 0.1) is 42.6 Å². The second-order valence-electron chi connectivity index (χ2n) is 12.8. The summed E-state index contributed by atoms with van der Waals surface area (Å²) in [5, 5.41) is 30.6. The van der Waals surface area contributed by atoms with Crippen LogP contribution in [-0.2, 0) is 11.3 Å². The molecule has 2 aliphatic carbocycles. The van der Waals surface area contributed by atoms with E-state index in [4.69, 9.17) is 30.9 Å².